The smallest absolute Gasteiger partial charge is 0.307 e. The van der Waals surface area contributed by atoms with Crippen molar-refractivity contribution < 1.29 is 14.7 Å². The molecule has 4 nitrogen and oxygen atoms in total. The van der Waals surface area contributed by atoms with Gasteiger partial charge in [-0.05, 0) is 25.2 Å². The number of amides is 1. The lowest BCUT2D eigenvalue weighted by Gasteiger charge is -2.34. The van der Waals surface area contributed by atoms with Crippen molar-refractivity contribution in [1.82, 2.24) is 5.32 Å². The largest absolute Gasteiger partial charge is 0.481 e. The van der Waals surface area contributed by atoms with Crippen molar-refractivity contribution in [3.05, 3.63) is 0 Å². The van der Waals surface area contributed by atoms with E-state index >= 15 is 0 Å². The van der Waals surface area contributed by atoms with Crippen molar-refractivity contribution in [3.63, 3.8) is 0 Å². The van der Waals surface area contributed by atoms with Crippen LogP contribution in [0.4, 0.5) is 0 Å². The SMILES string of the molecule is CC1(NC(=O)C2C(C(=O)O)C2(C)C)CCCCC1. The fourth-order valence-electron chi connectivity index (χ4n) is 3.42. The van der Waals surface area contributed by atoms with Crippen LogP contribution in [0.1, 0.15) is 52.9 Å². The molecule has 0 aromatic carbocycles. The van der Waals surface area contributed by atoms with Gasteiger partial charge in [0.2, 0.25) is 5.91 Å². The third-order valence-electron chi connectivity index (χ3n) is 4.76. The van der Waals surface area contributed by atoms with E-state index in [4.69, 9.17) is 5.11 Å². The van der Waals surface area contributed by atoms with Gasteiger partial charge in [0.25, 0.3) is 0 Å². The quantitative estimate of drug-likeness (QED) is 0.810. The molecule has 2 fully saturated rings. The Morgan fingerprint density at radius 1 is 1.06 bits per heavy atom. The van der Waals surface area contributed by atoms with Crippen molar-refractivity contribution in [2.75, 3.05) is 0 Å². The molecule has 2 saturated carbocycles. The molecule has 2 aliphatic rings. The van der Waals surface area contributed by atoms with Crippen LogP contribution in [0, 0.1) is 17.3 Å². The Bertz CT molecular complexity index is 369. The number of nitrogens with one attached hydrogen (secondary N) is 1. The first-order valence-electron chi connectivity index (χ1n) is 6.83. The minimum Gasteiger partial charge on any atom is -0.481 e. The summed E-state index contributed by atoms with van der Waals surface area (Å²) in [7, 11) is 0. The van der Waals surface area contributed by atoms with Gasteiger partial charge in [-0.15, -0.1) is 0 Å². The maximum absolute atomic E-state index is 12.2. The highest BCUT2D eigenvalue weighted by Crippen LogP contribution is 2.58. The summed E-state index contributed by atoms with van der Waals surface area (Å²) in [4.78, 5) is 23.3. The number of hydrogen-bond donors (Lipinski definition) is 2. The van der Waals surface area contributed by atoms with Crippen molar-refractivity contribution in [2.24, 2.45) is 17.3 Å². The molecule has 2 atom stereocenters. The van der Waals surface area contributed by atoms with Crippen molar-refractivity contribution >= 4 is 11.9 Å². The predicted molar refractivity (Wildman–Crippen MR) is 68.0 cm³/mol. The van der Waals surface area contributed by atoms with E-state index in [9.17, 15) is 9.59 Å². The third kappa shape index (κ3) is 2.25. The van der Waals surface area contributed by atoms with Crippen LogP contribution in [0.5, 0.6) is 0 Å². The van der Waals surface area contributed by atoms with Crippen molar-refractivity contribution in [1.29, 1.82) is 0 Å². The van der Waals surface area contributed by atoms with E-state index in [1.54, 1.807) is 0 Å². The summed E-state index contributed by atoms with van der Waals surface area (Å²) in [5, 5.41) is 12.2. The summed E-state index contributed by atoms with van der Waals surface area (Å²) < 4.78 is 0. The zero-order chi connectivity index (χ0) is 13.6. The van der Waals surface area contributed by atoms with Crippen LogP contribution in [-0.2, 0) is 9.59 Å². The summed E-state index contributed by atoms with van der Waals surface area (Å²) in [6.45, 7) is 5.80. The summed E-state index contributed by atoms with van der Waals surface area (Å²) >= 11 is 0. The van der Waals surface area contributed by atoms with Gasteiger partial charge < -0.3 is 10.4 Å². The van der Waals surface area contributed by atoms with Gasteiger partial charge in [-0.25, -0.2) is 0 Å². The van der Waals surface area contributed by atoms with Gasteiger partial charge in [-0.1, -0.05) is 33.1 Å². The number of carboxylic acids is 1. The average molecular weight is 253 g/mol. The highest BCUT2D eigenvalue weighted by atomic mass is 16.4. The van der Waals surface area contributed by atoms with Crippen LogP contribution in [0.15, 0.2) is 0 Å². The number of carbonyl (C=O) groups is 2. The first kappa shape index (κ1) is 13.4. The summed E-state index contributed by atoms with van der Waals surface area (Å²) in [6.07, 6.45) is 5.53. The molecule has 2 aliphatic carbocycles. The minimum atomic E-state index is -0.853. The average Bonchev–Trinajstić information content (AvgIpc) is 2.82. The van der Waals surface area contributed by atoms with Crippen LogP contribution in [0.3, 0.4) is 0 Å². The third-order valence-corrected chi connectivity index (χ3v) is 4.76. The second kappa shape index (κ2) is 4.25. The van der Waals surface area contributed by atoms with Crippen LogP contribution < -0.4 is 5.32 Å². The van der Waals surface area contributed by atoms with Gasteiger partial charge in [-0.3, -0.25) is 9.59 Å². The van der Waals surface area contributed by atoms with E-state index in [-0.39, 0.29) is 17.4 Å². The predicted octanol–water partition coefficient (Wildman–Crippen LogP) is 2.18. The van der Waals surface area contributed by atoms with E-state index in [1.165, 1.54) is 6.42 Å². The molecule has 0 aromatic heterocycles. The lowest BCUT2D eigenvalue weighted by Crippen LogP contribution is -2.48. The molecule has 0 bridgehead atoms. The molecule has 2 N–H and O–H groups in total. The van der Waals surface area contributed by atoms with E-state index in [2.05, 4.69) is 12.2 Å². The summed E-state index contributed by atoms with van der Waals surface area (Å²) in [5.74, 6) is -1.82. The Labute approximate surface area is 108 Å². The Balaban J connectivity index is 1.99. The Morgan fingerprint density at radius 2 is 1.61 bits per heavy atom. The Morgan fingerprint density at radius 3 is 2.06 bits per heavy atom. The Kier molecular flexibility index (Phi) is 3.16. The highest BCUT2D eigenvalue weighted by molar-refractivity contribution is 5.92. The molecule has 0 spiro atoms. The first-order valence-corrected chi connectivity index (χ1v) is 6.83. The van der Waals surface area contributed by atoms with Gasteiger partial charge in [0.1, 0.15) is 0 Å². The minimum absolute atomic E-state index is 0.0724. The molecule has 0 radical (unpaired) electrons. The van der Waals surface area contributed by atoms with Crippen LogP contribution in [0.25, 0.3) is 0 Å². The molecule has 4 heteroatoms. The van der Waals surface area contributed by atoms with E-state index < -0.39 is 17.3 Å². The molecule has 2 unspecified atom stereocenters. The monoisotopic (exact) mass is 253 g/mol. The molecule has 18 heavy (non-hydrogen) atoms. The van der Waals surface area contributed by atoms with Crippen LogP contribution in [-0.4, -0.2) is 22.5 Å². The molecular weight excluding hydrogens is 230 g/mol. The van der Waals surface area contributed by atoms with Crippen LogP contribution in [0.2, 0.25) is 0 Å². The molecule has 0 aromatic rings. The number of aliphatic carboxylic acids is 1. The van der Waals surface area contributed by atoms with Gasteiger partial charge in [-0.2, -0.15) is 0 Å². The number of carboxylic acid groups (broad SMARTS) is 1. The summed E-state index contributed by atoms with van der Waals surface area (Å²) in [5.41, 5.74) is -0.530. The second-order valence-corrected chi connectivity index (χ2v) is 6.73. The highest BCUT2D eigenvalue weighted by Gasteiger charge is 2.66. The number of hydrogen-bond acceptors (Lipinski definition) is 2. The molecule has 102 valence electrons. The maximum atomic E-state index is 12.2. The zero-order valence-electron chi connectivity index (χ0n) is 11.5. The maximum Gasteiger partial charge on any atom is 0.307 e. The summed E-state index contributed by atoms with van der Waals surface area (Å²) in [6, 6.07) is 0. The molecule has 0 saturated heterocycles. The molecule has 1 amide bonds. The number of rotatable bonds is 3. The molecule has 2 rings (SSSR count). The fraction of sp³-hybridized carbons (Fsp3) is 0.857. The molecular formula is C14H23NO3. The van der Waals surface area contributed by atoms with Crippen molar-refractivity contribution in [2.45, 2.75) is 58.4 Å². The van der Waals surface area contributed by atoms with E-state index in [0.717, 1.165) is 25.7 Å². The lowest BCUT2D eigenvalue weighted by molar-refractivity contribution is -0.140. The zero-order valence-corrected chi connectivity index (χ0v) is 11.5. The molecule has 0 heterocycles. The van der Waals surface area contributed by atoms with Crippen molar-refractivity contribution in [3.8, 4) is 0 Å². The fourth-order valence-corrected chi connectivity index (χ4v) is 3.42. The first-order chi connectivity index (χ1) is 8.28. The lowest BCUT2D eigenvalue weighted by atomic mass is 9.83. The topological polar surface area (TPSA) is 66.4 Å². The second-order valence-electron chi connectivity index (χ2n) is 6.73. The standard InChI is InChI=1S/C14H23NO3/c1-13(2)9(10(13)12(17)18)11(16)15-14(3)7-5-4-6-8-14/h9-10H,4-8H2,1-3H3,(H,15,16)(H,17,18). The van der Waals surface area contributed by atoms with E-state index in [0.29, 0.717) is 0 Å². The van der Waals surface area contributed by atoms with Gasteiger partial charge in [0, 0.05) is 5.54 Å². The Hall–Kier alpha value is -1.06. The normalized spacial score (nSPS) is 32.6. The molecule has 0 aliphatic heterocycles. The van der Waals surface area contributed by atoms with Gasteiger partial charge >= 0.3 is 5.97 Å². The van der Waals surface area contributed by atoms with Gasteiger partial charge in [0.05, 0.1) is 11.8 Å². The van der Waals surface area contributed by atoms with Crippen LogP contribution >= 0.6 is 0 Å². The number of carbonyl (C=O) groups excluding carboxylic acids is 1. The van der Waals surface area contributed by atoms with Gasteiger partial charge in [0.15, 0.2) is 0 Å². The van der Waals surface area contributed by atoms with E-state index in [1.807, 2.05) is 13.8 Å².